The van der Waals surface area contributed by atoms with E-state index in [0.29, 0.717) is 26.3 Å². The zero-order chi connectivity index (χ0) is 19.8. The minimum absolute atomic E-state index is 0.135. The van der Waals surface area contributed by atoms with Crippen molar-refractivity contribution in [1.29, 1.82) is 0 Å². The summed E-state index contributed by atoms with van der Waals surface area (Å²) >= 11 is 0. The van der Waals surface area contributed by atoms with Gasteiger partial charge < -0.3 is 14.2 Å². The number of rotatable bonds is 3. The number of nitrogens with zero attached hydrogens (tertiary/aromatic N) is 5. The third-order valence-electron chi connectivity index (χ3n) is 5.12. The van der Waals surface area contributed by atoms with E-state index in [0.717, 1.165) is 10.1 Å². The Morgan fingerprint density at radius 2 is 1.75 bits per heavy atom. The van der Waals surface area contributed by atoms with Crippen LogP contribution in [0.25, 0.3) is 11.2 Å². The Bertz CT molecular complexity index is 1140. The highest BCUT2D eigenvalue weighted by Gasteiger charge is 2.31. The monoisotopic (exact) mass is 383 g/mol. The Morgan fingerprint density at radius 1 is 1.07 bits per heavy atom. The number of aryl methyl sites for hydroxylation is 1. The van der Waals surface area contributed by atoms with Crippen molar-refractivity contribution in [2.75, 3.05) is 26.3 Å². The number of ether oxygens (including phenoxy) is 1. The third kappa shape index (κ3) is 2.84. The third-order valence-corrected chi connectivity index (χ3v) is 5.12. The van der Waals surface area contributed by atoms with Crippen LogP contribution in [0.3, 0.4) is 0 Å². The van der Waals surface area contributed by atoms with Gasteiger partial charge in [-0.25, -0.2) is 9.78 Å². The van der Waals surface area contributed by atoms with Crippen LogP contribution in [0, 0.1) is 0 Å². The Morgan fingerprint density at radius 3 is 2.43 bits per heavy atom. The fourth-order valence-corrected chi connectivity index (χ4v) is 3.57. The average Bonchev–Trinajstić information content (AvgIpc) is 3.17. The Kier molecular flexibility index (Phi) is 4.60. The molecule has 1 fully saturated rings. The molecule has 4 rings (SSSR count). The lowest BCUT2D eigenvalue weighted by atomic mass is 10.0. The van der Waals surface area contributed by atoms with Crippen LogP contribution in [0.1, 0.15) is 11.6 Å². The first kappa shape index (κ1) is 18.2. The van der Waals surface area contributed by atoms with Crippen LogP contribution >= 0.6 is 0 Å². The first-order valence-electron chi connectivity index (χ1n) is 9.04. The fourth-order valence-electron chi connectivity index (χ4n) is 3.57. The number of amides is 1. The Balaban J connectivity index is 1.94. The first-order chi connectivity index (χ1) is 13.5. The molecular formula is C19H21N5O4. The number of morpholine rings is 1. The molecule has 0 unspecified atom stereocenters. The lowest BCUT2D eigenvalue weighted by Gasteiger charge is -2.31. The predicted molar refractivity (Wildman–Crippen MR) is 102 cm³/mol. The number of hydrogen-bond acceptors (Lipinski definition) is 5. The van der Waals surface area contributed by atoms with E-state index in [1.807, 2.05) is 30.3 Å². The lowest BCUT2D eigenvalue weighted by molar-refractivity contribution is -0.137. The number of imidazole rings is 1. The van der Waals surface area contributed by atoms with Crippen molar-refractivity contribution in [3.63, 3.8) is 0 Å². The van der Waals surface area contributed by atoms with E-state index in [4.69, 9.17) is 4.74 Å². The molecule has 0 bridgehead atoms. The van der Waals surface area contributed by atoms with Crippen LogP contribution in [0.4, 0.5) is 0 Å². The van der Waals surface area contributed by atoms with Crippen LogP contribution < -0.4 is 11.2 Å². The maximum atomic E-state index is 13.4. The summed E-state index contributed by atoms with van der Waals surface area (Å²) in [5.41, 5.74) is 0.280. The number of fused-ring (bicyclic) bond motifs is 1. The molecule has 0 spiro atoms. The molecule has 1 atom stereocenters. The van der Waals surface area contributed by atoms with Crippen molar-refractivity contribution in [1.82, 2.24) is 23.6 Å². The van der Waals surface area contributed by atoms with Gasteiger partial charge in [-0.1, -0.05) is 30.3 Å². The molecule has 2 aromatic heterocycles. The average molecular weight is 383 g/mol. The van der Waals surface area contributed by atoms with Gasteiger partial charge in [0.25, 0.3) is 5.56 Å². The number of carbonyl (C=O) groups excluding carboxylic acids is 1. The van der Waals surface area contributed by atoms with Crippen LogP contribution in [0.5, 0.6) is 0 Å². The molecule has 0 radical (unpaired) electrons. The molecule has 28 heavy (non-hydrogen) atoms. The van der Waals surface area contributed by atoms with Crippen molar-refractivity contribution in [2.24, 2.45) is 14.1 Å². The molecule has 0 saturated carbocycles. The van der Waals surface area contributed by atoms with E-state index in [1.54, 1.807) is 16.5 Å². The highest BCUT2D eigenvalue weighted by molar-refractivity contribution is 5.86. The molecule has 1 aromatic carbocycles. The lowest BCUT2D eigenvalue weighted by Crippen LogP contribution is -2.45. The second-order valence-corrected chi connectivity index (χ2v) is 6.78. The van der Waals surface area contributed by atoms with E-state index >= 15 is 0 Å². The van der Waals surface area contributed by atoms with Crippen molar-refractivity contribution >= 4 is 17.1 Å². The van der Waals surface area contributed by atoms with E-state index in [-0.39, 0.29) is 17.1 Å². The van der Waals surface area contributed by atoms with Gasteiger partial charge in [0, 0.05) is 27.2 Å². The second kappa shape index (κ2) is 7.08. The summed E-state index contributed by atoms with van der Waals surface area (Å²) in [6, 6.07) is 8.51. The number of aromatic nitrogens is 4. The molecule has 3 aromatic rings. The topological polar surface area (TPSA) is 91.4 Å². The molecule has 0 N–H and O–H groups in total. The standard InChI is InChI=1S/C19H21N5O4/c1-21-16-15(17(25)22(2)19(21)27)24(12-20-16)14(13-6-4-3-5-7-13)18(26)23-8-10-28-11-9-23/h3-7,12,14H,8-11H2,1-2H3/t14-/m0/s1. The predicted octanol–water partition coefficient (Wildman–Crippen LogP) is -0.118. The first-order valence-corrected chi connectivity index (χ1v) is 9.04. The van der Waals surface area contributed by atoms with Crippen molar-refractivity contribution in [3.8, 4) is 0 Å². The zero-order valence-corrected chi connectivity index (χ0v) is 15.7. The van der Waals surface area contributed by atoms with Gasteiger partial charge in [-0.15, -0.1) is 0 Å². The summed E-state index contributed by atoms with van der Waals surface area (Å²) in [5.74, 6) is -0.135. The van der Waals surface area contributed by atoms with Gasteiger partial charge in [0.05, 0.1) is 19.5 Å². The molecule has 1 aliphatic rings. The van der Waals surface area contributed by atoms with Gasteiger partial charge >= 0.3 is 5.69 Å². The Labute approximate surface area is 160 Å². The van der Waals surface area contributed by atoms with Crippen LogP contribution in [0.2, 0.25) is 0 Å². The maximum absolute atomic E-state index is 13.4. The molecule has 3 heterocycles. The van der Waals surface area contributed by atoms with E-state index in [2.05, 4.69) is 4.98 Å². The largest absolute Gasteiger partial charge is 0.378 e. The zero-order valence-electron chi connectivity index (χ0n) is 15.7. The van der Waals surface area contributed by atoms with Gasteiger partial charge in [0.2, 0.25) is 5.91 Å². The van der Waals surface area contributed by atoms with Crippen molar-refractivity contribution in [2.45, 2.75) is 6.04 Å². The van der Waals surface area contributed by atoms with Crippen LogP contribution in [-0.4, -0.2) is 55.8 Å². The molecule has 146 valence electrons. The SMILES string of the molecule is Cn1c(=O)c2c(ncn2[C@H](C(=O)N2CCOCC2)c2ccccc2)n(C)c1=O. The minimum Gasteiger partial charge on any atom is -0.378 e. The normalized spacial score (nSPS) is 15.7. The molecule has 9 heteroatoms. The van der Waals surface area contributed by atoms with Gasteiger partial charge in [-0.3, -0.25) is 18.7 Å². The van der Waals surface area contributed by atoms with Crippen LogP contribution in [-0.2, 0) is 23.6 Å². The number of carbonyl (C=O) groups is 1. The quantitative estimate of drug-likeness (QED) is 0.629. The molecule has 1 amide bonds. The number of hydrogen-bond donors (Lipinski definition) is 0. The molecule has 1 aliphatic heterocycles. The highest BCUT2D eigenvalue weighted by Crippen LogP contribution is 2.24. The molecule has 0 aliphatic carbocycles. The Hall–Kier alpha value is -3.20. The van der Waals surface area contributed by atoms with Gasteiger partial charge in [-0.05, 0) is 5.56 Å². The smallest absolute Gasteiger partial charge is 0.332 e. The maximum Gasteiger partial charge on any atom is 0.332 e. The molecule has 9 nitrogen and oxygen atoms in total. The van der Waals surface area contributed by atoms with Crippen molar-refractivity contribution < 1.29 is 9.53 Å². The summed E-state index contributed by atoms with van der Waals surface area (Å²) in [7, 11) is 2.98. The van der Waals surface area contributed by atoms with Crippen molar-refractivity contribution in [3.05, 3.63) is 63.1 Å². The summed E-state index contributed by atoms with van der Waals surface area (Å²) in [4.78, 5) is 44.5. The van der Waals surface area contributed by atoms with E-state index in [9.17, 15) is 14.4 Å². The van der Waals surface area contributed by atoms with Gasteiger partial charge in [0.1, 0.15) is 6.04 Å². The van der Waals surface area contributed by atoms with E-state index < -0.39 is 17.3 Å². The summed E-state index contributed by atoms with van der Waals surface area (Å²) < 4.78 is 9.27. The van der Waals surface area contributed by atoms with Gasteiger partial charge in [0.15, 0.2) is 11.2 Å². The fraction of sp³-hybridized carbons (Fsp3) is 0.368. The van der Waals surface area contributed by atoms with E-state index in [1.165, 1.54) is 17.9 Å². The molecular weight excluding hydrogens is 362 g/mol. The highest BCUT2D eigenvalue weighted by atomic mass is 16.5. The second-order valence-electron chi connectivity index (χ2n) is 6.78. The summed E-state index contributed by atoms with van der Waals surface area (Å²) in [5, 5.41) is 0. The van der Waals surface area contributed by atoms with Gasteiger partial charge in [-0.2, -0.15) is 0 Å². The number of benzene rings is 1. The summed E-state index contributed by atoms with van der Waals surface area (Å²) in [6.45, 7) is 1.94. The molecule has 1 saturated heterocycles. The van der Waals surface area contributed by atoms with Crippen LogP contribution in [0.15, 0.2) is 46.2 Å². The minimum atomic E-state index is -0.755. The summed E-state index contributed by atoms with van der Waals surface area (Å²) in [6.07, 6.45) is 1.46.